The van der Waals surface area contributed by atoms with E-state index in [2.05, 4.69) is 24.9 Å². The van der Waals surface area contributed by atoms with Crippen molar-refractivity contribution in [2.45, 2.75) is 25.2 Å². The van der Waals surface area contributed by atoms with Gasteiger partial charge in [-0.25, -0.2) is 4.98 Å². The molecule has 1 fully saturated rings. The summed E-state index contributed by atoms with van der Waals surface area (Å²) >= 11 is 7.21. The lowest BCUT2D eigenvalue weighted by Crippen LogP contribution is -2.31. The number of likely N-dealkylation sites (tertiary alicyclic amines) is 1. The molecule has 1 atom stereocenters. The maximum atomic E-state index is 12.3. The van der Waals surface area contributed by atoms with Crippen LogP contribution < -0.4 is 15.0 Å². The molecule has 4 rings (SSSR count). The summed E-state index contributed by atoms with van der Waals surface area (Å²) in [4.78, 5) is 14.2. The van der Waals surface area contributed by atoms with E-state index in [4.69, 9.17) is 12.2 Å². The third kappa shape index (κ3) is 5.39. The molecule has 6 nitrogen and oxygen atoms in total. The molecular weight excluding hydrogens is 459 g/mol. The monoisotopic (exact) mass is 481 g/mol. The van der Waals surface area contributed by atoms with Crippen LogP contribution >= 0.6 is 23.6 Å². The predicted molar refractivity (Wildman–Crippen MR) is 125 cm³/mol. The molecule has 3 heterocycles. The number of nitrogens with one attached hydrogen (secondary N) is 1. The Balaban J connectivity index is 1.35. The first-order valence-corrected chi connectivity index (χ1v) is 11.3. The lowest BCUT2D eigenvalue weighted by atomic mass is 10.1. The number of hydrogen-bond acceptors (Lipinski definition) is 7. The number of ether oxygens (including phenoxy) is 1. The minimum Gasteiger partial charge on any atom is -0.406 e. The van der Waals surface area contributed by atoms with E-state index in [9.17, 15) is 13.2 Å². The second-order valence-electron chi connectivity index (χ2n) is 7.74. The highest BCUT2D eigenvalue weighted by Gasteiger charge is 2.31. The van der Waals surface area contributed by atoms with Crippen LogP contribution in [0.4, 0.5) is 24.9 Å². The van der Waals surface area contributed by atoms with E-state index in [1.807, 2.05) is 30.4 Å². The SMILES string of the molecule is CN(C)c1nc(NC2CCN(C(=S)Cc3ccc(OC(F)(F)F)cc3)C2)nc2ccsc12. The molecule has 1 N–H and O–H groups in total. The lowest BCUT2D eigenvalue weighted by Gasteiger charge is -2.20. The van der Waals surface area contributed by atoms with Gasteiger partial charge in [0.25, 0.3) is 0 Å². The first kappa shape index (κ1) is 22.5. The van der Waals surface area contributed by atoms with Crippen LogP contribution in [0.2, 0.25) is 0 Å². The number of fused-ring (bicyclic) bond motifs is 1. The van der Waals surface area contributed by atoms with Gasteiger partial charge in [0, 0.05) is 39.6 Å². The summed E-state index contributed by atoms with van der Waals surface area (Å²) in [5, 5.41) is 5.43. The van der Waals surface area contributed by atoms with E-state index < -0.39 is 6.36 Å². The summed E-state index contributed by atoms with van der Waals surface area (Å²) in [6.45, 7) is 1.52. The Morgan fingerprint density at radius 1 is 1.25 bits per heavy atom. The van der Waals surface area contributed by atoms with Crippen LogP contribution in [-0.4, -0.2) is 59.4 Å². The highest BCUT2D eigenvalue weighted by Crippen LogP contribution is 2.29. The highest BCUT2D eigenvalue weighted by atomic mass is 32.1. The molecule has 0 bridgehead atoms. The Morgan fingerprint density at radius 3 is 2.69 bits per heavy atom. The molecule has 2 aromatic heterocycles. The second kappa shape index (κ2) is 9.07. The van der Waals surface area contributed by atoms with E-state index in [1.54, 1.807) is 23.5 Å². The average molecular weight is 482 g/mol. The van der Waals surface area contributed by atoms with Crippen molar-refractivity contribution in [3.05, 3.63) is 41.3 Å². The van der Waals surface area contributed by atoms with Crippen LogP contribution in [0.5, 0.6) is 5.75 Å². The molecular formula is C21H22F3N5OS2. The minimum atomic E-state index is -4.70. The van der Waals surface area contributed by atoms with Crippen molar-refractivity contribution in [2.75, 3.05) is 37.4 Å². The largest absolute Gasteiger partial charge is 0.573 e. The van der Waals surface area contributed by atoms with E-state index >= 15 is 0 Å². The van der Waals surface area contributed by atoms with E-state index in [-0.39, 0.29) is 11.8 Å². The van der Waals surface area contributed by atoms with Gasteiger partial charge in [-0.3, -0.25) is 0 Å². The predicted octanol–water partition coefficient (Wildman–Crippen LogP) is 4.71. The molecule has 0 amide bonds. The van der Waals surface area contributed by atoms with Crippen LogP contribution in [0.3, 0.4) is 0 Å². The Morgan fingerprint density at radius 2 is 2.00 bits per heavy atom. The summed E-state index contributed by atoms with van der Waals surface area (Å²) in [7, 11) is 3.92. The summed E-state index contributed by atoms with van der Waals surface area (Å²) in [6, 6.07) is 7.96. The van der Waals surface area contributed by atoms with Gasteiger partial charge in [0.2, 0.25) is 5.95 Å². The number of rotatable bonds is 6. The molecule has 11 heteroatoms. The van der Waals surface area contributed by atoms with Gasteiger partial charge in [-0.2, -0.15) is 4.98 Å². The van der Waals surface area contributed by atoms with Crippen LogP contribution in [0.15, 0.2) is 35.7 Å². The van der Waals surface area contributed by atoms with Gasteiger partial charge in [-0.15, -0.1) is 24.5 Å². The van der Waals surface area contributed by atoms with Crippen LogP contribution in [0.25, 0.3) is 10.2 Å². The number of alkyl halides is 3. The molecule has 0 aliphatic carbocycles. The first-order chi connectivity index (χ1) is 15.2. The zero-order chi connectivity index (χ0) is 22.9. The zero-order valence-corrected chi connectivity index (χ0v) is 19.2. The quantitative estimate of drug-likeness (QED) is 0.512. The molecule has 1 aromatic carbocycles. The van der Waals surface area contributed by atoms with E-state index in [0.29, 0.717) is 12.4 Å². The Labute approximate surface area is 193 Å². The third-order valence-electron chi connectivity index (χ3n) is 5.10. The van der Waals surface area contributed by atoms with Crippen molar-refractivity contribution in [1.82, 2.24) is 14.9 Å². The Bertz CT molecular complexity index is 1100. The minimum absolute atomic E-state index is 0.154. The molecule has 1 aliphatic rings. The number of thiocarbonyl (C=S) groups is 1. The first-order valence-electron chi connectivity index (χ1n) is 9.99. The number of hydrogen-bond donors (Lipinski definition) is 1. The Kier molecular flexibility index (Phi) is 6.38. The van der Waals surface area contributed by atoms with E-state index in [1.165, 1.54) is 12.1 Å². The van der Waals surface area contributed by atoms with Gasteiger partial charge in [-0.1, -0.05) is 24.4 Å². The van der Waals surface area contributed by atoms with E-state index in [0.717, 1.165) is 46.1 Å². The Hall–Kier alpha value is -2.66. The molecule has 1 unspecified atom stereocenters. The van der Waals surface area contributed by atoms with Gasteiger partial charge in [0.1, 0.15) is 5.75 Å². The fourth-order valence-electron chi connectivity index (χ4n) is 3.60. The smallest absolute Gasteiger partial charge is 0.406 e. The molecule has 1 saturated heterocycles. The van der Waals surface area contributed by atoms with Crippen LogP contribution in [0, 0.1) is 0 Å². The maximum absolute atomic E-state index is 12.3. The third-order valence-corrected chi connectivity index (χ3v) is 6.40. The van der Waals surface area contributed by atoms with Gasteiger partial charge < -0.3 is 19.9 Å². The second-order valence-corrected chi connectivity index (χ2v) is 9.13. The number of aromatic nitrogens is 2. The van der Waals surface area contributed by atoms with Crippen molar-refractivity contribution in [3.8, 4) is 5.75 Å². The van der Waals surface area contributed by atoms with Gasteiger partial charge in [0.15, 0.2) is 5.82 Å². The van der Waals surface area contributed by atoms with Crippen molar-refractivity contribution >= 4 is 50.5 Å². The number of anilines is 2. The fourth-order valence-corrected chi connectivity index (χ4v) is 4.83. The molecule has 170 valence electrons. The molecule has 1 aliphatic heterocycles. The number of nitrogens with zero attached hydrogens (tertiary/aromatic N) is 4. The number of thiophene rings is 1. The number of halogens is 3. The van der Waals surface area contributed by atoms with Gasteiger partial charge in [0.05, 0.1) is 15.2 Å². The normalized spacial score (nSPS) is 16.4. The maximum Gasteiger partial charge on any atom is 0.573 e. The lowest BCUT2D eigenvalue weighted by molar-refractivity contribution is -0.274. The van der Waals surface area contributed by atoms with Crippen molar-refractivity contribution in [1.29, 1.82) is 0 Å². The van der Waals surface area contributed by atoms with Crippen LogP contribution in [0.1, 0.15) is 12.0 Å². The van der Waals surface area contributed by atoms with Crippen molar-refractivity contribution in [2.24, 2.45) is 0 Å². The molecule has 0 radical (unpaired) electrons. The molecule has 3 aromatic rings. The summed E-state index contributed by atoms with van der Waals surface area (Å²) < 4.78 is 41.9. The van der Waals surface area contributed by atoms with Crippen molar-refractivity contribution < 1.29 is 17.9 Å². The average Bonchev–Trinajstić information content (AvgIpc) is 3.37. The molecule has 32 heavy (non-hydrogen) atoms. The number of benzene rings is 1. The topological polar surface area (TPSA) is 53.5 Å². The fraction of sp³-hybridized carbons (Fsp3) is 0.381. The zero-order valence-electron chi connectivity index (χ0n) is 17.5. The molecule has 0 saturated carbocycles. The highest BCUT2D eigenvalue weighted by molar-refractivity contribution is 7.80. The van der Waals surface area contributed by atoms with Crippen molar-refractivity contribution in [3.63, 3.8) is 0 Å². The molecule has 0 spiro atoms. The van der Waals surface area contributed by atoms with Gasteiger partial charge >= 0.3 is 6.36 Å². The van der Waals surface area contributed by atoms with Crippen LogP contribution in [-0.2, 0) is 6.42 Å². The summed E-state index contributed by atoms with van der Waals surface area (Å²) in [5.74, 6) is 1.24. The summed E-state index contributed by atoms with van der Waals surface area (Å²) in [6.07, 6.45) is -3.32. The standard InChI is InChI=1S/C21H22F3N5OS2/c1-28(2)19-18-16(8-10-32-18)26-20(27-19)25-14-7-9-29(12-14)17(31)11-13-3-5-15(6-4-13)30-21(22,23)24/h3-6,8,10,14H,7,9,11-12H2,1-2H3,(H,25,26,27). The van der Waals surface area contributed by atoms with Gasteiger partial charge in [-0.05, 0) is 35.6 Å². The summed E-state index contributed by atoms with van der Waals surface area (Å²) in [5.41, 5.74) is 1.75.